The van der Waals surface area contributed by atoms with Gasteiger partial charge in [0, 0.05) is 0 Å². The molecule has 0 aliphatic heterocycles. The van der Waals surface area contributed by atoms with E-state index < -0.39 is 16.6 Å². The fraction of sp³-hybridized carbons (Fsp3) is 0.391. The Morgan fingerprint density at radius 3 is 1.52 bits per heavy atom. The summed E-state index contributed by atoms with van der Waals surface area (Å²) in [5, 5.41) is 2.83. The molecule has 0 aromatic heterocycles. The Balaban J connectivity index is 2.02. The maximum absolute atomic E-state index is 6.51. The molecule has 0 aliphatic rings. The zero-order valence-electron chi connectivity index (χ0n) is 17.7. The zero-order valence-corrected chi connectivity index (χ0v) is 19.7. The van der Waals surface area contributed by atoms with Crippen LogP contribution in [-0.4, -0.2) is 29.8 Å². The molecule has 0 saturated carbocycles. The number of benzene rings is 2. The van der Waals surface area contributed by atoms with Gasteiger partial charge < -0.3 is 8.85 Å². The van der Waals surface area contributed by atoms with Crippen molar-refractivity contribution in [2.45, 2.75) is 45.5 Å². The predicted octanol–water partition coefficient (Wildman–Crippen LogP) is 4.97. The molecule has 0 fully saturated rings. The van der Waals surface area contributed by atoms with Gasteiger partial charge in [-0.1, -0.05) is 93.6 Å². The molecule has 0 amide bonds. The van der Waals surface area contributed by atoms with Gasteiger partial charge in [0.1, 0.15) is 0 Å². The van der Waals surface area contributed by atoms with Crippen LogP contribution < -0.4 is 10.4 Å². The van der Waals surface area contributed by atoms with Crippen LogP contribution in [0.5, 0.6) is 0 Å². The number of rotatable bonds is 8. The van der Waals surface area contributed by atoms with Crippen LogP contribution >= 0.6 is 0 Å². The highest BCUT2D eigenvalue weighted by molar-refractivity contribution is 6.96. The van der Waals surface area contributed by atoms with Crippen molar-refractivity contribution < 1.29 is 8.85 Å². The van der Waals surface area contributed by atoms with Crippen LogP contribution in [0.2, 0.25) is 24.7 Å². The third kappa shape index (κ3) is 5.75. The Morgan fingerprint density at radius 1 is 0.704 bits per heavy atom. The van der Waals surface area contributed by atoms with Crippen LogP contribution in [0.1, 0.15) is 20.8 Å². The molecule has 2 nitrogen and oxygen atoms in total. The highest BCUT2D eigenvalue weighted by Gasteiger charge is 2.36. The fourth-order valence-corrected chi connectivity index (χ4v) is 6.37. The summed E-state index contributed by atoms with van der Waals surface area (Å²) in [6.07, 6.45) is 4.20. The topological polar surface area (TPSA) is 18.5 Å². The quantitative estimate of drug-likeness (QED) is 0.462. The van der Waals surface area contributed by atoms with Crippen molar-refractivity contribution in [1.29, 1.82) is 0 Å². The van der Waals surface area contributed by atoms with Gasteiger partial charge in [-0.25, -0.2) is 0 Å². The van der Waals surface area contributed by atoms with Crippen LogP contribution in [0.25, 0.3) is 0 Å². The van der Waals surface area contributed by atoms with Gasteiger partial charge in [-0.2, -0.15) is 0 Å². The van der Waals surface area contributed by atoms with E-state index in [9.17, 15) is 0 Å². The normalized spacial score (nSPS) is 13.3. The summed E-state index contributed by atoms with van der Waals surface area (Å²) in [7, 11) is -3.90. The predicted molar refractivity (Wildman–Crippen MR) is 122 cm³/mol. The van der Waals surface area contributed by atoms with E-state index in [2.05, 4.69) is 113 Å². The molecule has 0 unspecified atom stereocenters. The Hall–Kier alpha value is -1.47. The van der Waals surface area contributed by atoms with E-state index >= 15 is 0 Å². The SMILES string of the molecule is CC(C)(C)[Si](C)(C)OC/C=C/CO[Si](C)(c1ccccc1)c1ccccc1. The van der Waals surface area contributed by atoms with Crippen LogP contribution in [0, 0.1) is 0 Å². The summed E-state index contributed by atoms with van der Waals surface area (Å²) in [4.78, 5) is 0. The van der Waals surface area contributed by atoms with E-state index in [4.69, 9.17) is 8.85 Å². The van der Waals surface area contributed by atoms with Crippen molar-refractivity contribution in [3.05, 3.63) is 72.8 Å². The molecular formula is C23H34O2Si2. The summed E-state index contributed by atoms with van der Waals surface area (Å²) < 4.78 is 12.7. The second-order valence-electron chi connectivity index (χ2n) is 8.62. The molecule has 0 heterocycles. The van der Waals surface area contributed by atoms with Gasteiger partial charge in [0.25, 0.3) is 8.32 Å². The summed E-state index contributed by atoms with van der Waals surface area (Å²) in [6, 6.07) is 21.2. The van der Waals surface area contributed by atoms with E-state index in [0.717, 1.165) is 0 Å². The van der Waals surface area contributed by atoms with Crippen LogP contribution in [0.4, 0.5) is 0 Å². The molecule has 0 N–H and O–H groups in total. The van der Waals surface area contributed by atoms with E-state index in [1.165, 1.54) is 10.4 Å². The van der Waals surface area contributed by atoms with Crippen molar-refractivity contribution in [3.8, 4) is 0 Å². The van der Waals surface area contributed by atoms with Gasteiger partial charge >= 0.3 is 0 Å². The van der Waals surface area contributed by atoms with Crippen LogP contribution in [-0.2, 0) is 8.85 Å². The first kappa shape index (κ1) is 21.8. The molecule has 0 radical (unpaired) electrons. The summed E-state index contributed by atoms with van der Waals surface area (Å²) >= 11 is 0. The first-order valence-electron chi connectivity index (χ1n) is 9.71. The van der Waals surface area contributed by atoms with Crippen molar-refractivity contribution in [2.75, 3.05) is 13.2 Å². The van der Waals surface area contributed by atoms with E-state index in [-0.39, 0.29) is 5.04 Å². The largest absolute Gasteiger partial charge is 0.413 e. The third-order valence-electron chi connectivity index (χ3n) is 5.63. The molecule has 0 aliphatic carbocycles. The maximum atomic E-state index is 6.51. The number of hydrogen-bond donors (Lipinski definition) is 0. The highest BCUT2D eigenvalue weighted by atomic mass is 28.4. The molecule has 2 aromatic rings. The van der Waals surface area contributed by atoms with Crippen molar-refractivity contribution in [3.63, 3.8) is 0 Å². The molecule has 146 valence electrons. The average Bonchev–Trinajstić information content (AvgIpc) is 2.65. The average molecular weight is 399 g/mol. The van der Waals surface area contributed by atoms with Crippen molar-refractivity contribution >= 4 is 27.0 Å². The fourth-order valence-electron chi connectivity index (χ4n) is 2.67. The molecule has 27 heavy (non-hydrogen) atoms. The van der Waals surface area contributed by atoms with Crippen LogP contribution in [0.3, 0.4) is 0 Å². The monoisotopic (exact) mass is 398 g/mol. The van der Waals surface area contributed by atoms with E-state index in [1.54, 1.807) is 0 Å². The zero-order chi connectivity index (χ0) is 20.0. The molecule has 4 heteroatoms. The Bertz CT molecular complexity index is 680. The van der Waals surface area contributed by atoms with Gasteiger partial charge in [-0.3, -0.25) is 0 Å². The number of hydrogen-bond acceptors (Lipinski definition) is 2. The van der Waals surface area contributed by atoms with Gasteiger partial charge in [0.2, 0.25) is 0 Å². The second-order valence-corrected chi connectivity index (χ2v) is 16.9. The minimum atomic E-state index is -2.21. The molecular weight excluding hydrogens is 364 g/mol. The smallest absolute Gasteiger partial charge is 0.253 e. The third-order valence-corrected chi connectivity index (χ3v) is 13.7. The molecule has 2 rings (SSSR count). The van der Waals surface area contributed by atoms with Gasteiger partial charge in [-0.15, -0.1) is 0 Å². The minimum Gasteiger partial charge on any atom is -0.413 e. The lowest BCUT2D eigenvalue weighted by Gasteiger charge is -2.35. The van der Waals surface area contributed by atoms with E-state index in [1.807, 2.05) is 0 Å². The standard InChI is InChI=1S/C23H34O2Si2/c1-23(2,3)26(4,5)24-19-13-14-20-25-27(6,21-15-9-7-10-16-21)22-17-11-8-12-18-22/h7-18H,19-20H2,1-6H3/b14-13+. The molecule has 2 aromatic carbocycles. The Labute approximate surface area is 167 Å². The molecule has 0 atom stereocenters. The lowest BCUT2D eigenvalue weighted by Crippen LogP contribution is -2.58. The summed E-state index contributed by atoms with van der Waals surface area (Å²) in [5.74, 6) is 0. The van der Waals surface area contributed by atoms with Gasteiger partial charge in [-0.05, 0) is 35.1 Å². The lowest BCUT2D eigenvalue weighted by atomic mass is 10.2. The van der Waals surface area contributed by atoms with E-state index in [0.29, 0.717) is 13.2 Å². The second kappa shape index (κ2) is 9.15. The molecule has 0 spiro atoms. The Morgan fingerprint density at radius 2 is 1.11 bits per heavy atom. The summed E-state index contributed by atoms with van der Waals surface area (Å²) in [5.41, 5.74) is 0. The van der Waals surface area contributed by atoms with Gasteiger partial charge in [0.05, 0.1) is 13.2 Å². The van der Waals surface area contributed by atoms with Crippen molar-refractivity contribution in [1.82, 2.24) is 0 Å². The molecule has 0 bridgehead atoms. The highest BCUT2D eigenvalue weighted by Crippen LogP contribution is 2.36. The first-order chi connectivity index (χ1) is 12.7. The first-order valence-corrected chi connectivity index (χ1v) is 15.0. The van der Waals surface area contributed by atoms with Crippen molar-refractivity contribution in [2.24, 2.45) is 0 Å². The minimum absolute atomic E-state index is 0.240. The van der Waals surface area contributed by atoms with Gasteiger partial charge in [0.15, 0.2) is 8.32 Å². The van der Waals surface area contributed by atoms with Crippen LogP contribution in [0.15, 0.2) is 72.8 Å². The lowest BCUT2D eigenvalue weighted by molar-refractivity contribution is 0.324. The molecule has 0 saturated heterocycles. The summed E-state index contributed by atoms with van der Waals surface area (Å²) in [6.45, 7) is 14.9. The maximum Gasteiger partial charge on any atom is 0.253 e. The Kier molecular flexibility index (Phi) is 7.40.